The summed E-state index contributed by atoms with van der Waals surface area (Å²) >= 11 is 6.36. The lowest BCUT2D eigenvalue weighted by atomic mass is 9.74. The first-order valence-corrected chi connectivity index (χ1v) is 10.5. The van der Waals surface area contributed by atoms with Crippen LogP contribution >= 0.6 is 24.0 Å². The van der Waals surface area contributed by atoms with E-state index in [-0.39, 0.29) is 24.4 Å². The van der Waals surface area contributed by atoms with E-state index in [0.29, 0.717) is 13.2 Å². The van der Waals surface area contributed by atoms with Gasteiger partial charge in [0.2, 0.25) is 0 Å². The number of nitrogens with zero attached hydrogens (tertiary/aromatic N) is 1. The Labute approximate surface area is 188 Å². The minimum atomic E-state index is -0.768. The van der Waals surface area contributed by atoms with Gasteiger partial charge in [-0.25, -0.2) is 0 Å². The van der Waals surface area contributed by atoms with E-state index in [0.717, 1.165) is 54.4 Å². The van der Waals surface area contributed by atoms with E-state index in [1.165, 1.54) is 11.1 Å². The second-order valence-corrected chi connectivity index (χ2v) is 8.32. The molecular weight excluding hydrogens is 425 g/mol. The third kappa shape index (κ3) is 4.53. The predicted molar refractivity (Wildman–Crippen MR) is 119 cm³/mol. The molecule has 0 radical (unpaired) electrons. The van der Waals surface area contributed by atoms with E-state index in [2.05, 4.69) is 19.1 Å². The zero-order chi connectivity index (χ0) is 20.4. The summed E-state index contributed by atoms with van der Waals surface area (Å²) in [6.45, 7) is 4.85. The molecule has 4 rings (SSSR count). The molecule has 1 spiro atoms. The minimum Gasteiger partial charge on any atom is -0.492 e. The van der Waals surface area contributed by atoms with Crippen molar-refractivity contribution < 1.29 is 19.4 Å². The van der Waals surface area contributed by atoms with Crippen LogP contribution in [-0.2, 0) is 23.2 Å². The summed E-state index contributed by atoms with van der Waals surface area (Å²) in [6, 6.07) is 12.0. The molecule has 2 aliphatic rings. The lowest BCUT2D eigenvalue weighted by Gasteiger charge is -2.37. The highest BCUT2D eigenvalue weighted by Crippen LogP contribution is 2.46. The molecule has 2 aromatic rings. The van der Waals surface area contributed by atoms with Crippen LogP contribution in [0.1, 0.15) is 36.5 Å². The summed E-state index contributed by atoms with van der Waals surface area (Å²) in [4.78, 5) is 13.0. The fraction of sp³-hybridized carbons (Fsp3) is 0.435. The molecule has 7 heteroatoms. The number of carboxylic acid groups (broad SMARTS) is 1. The largest absolute Gasteiger partial charge is 0.492 e. The number of likely N-dealkylation sites (tertiary alicyclic amines) is 1. The normalized spacial score (nSPS) is 17.1. The number of hydrogen-bond donors (Lipinski definition) is 1. The number of benzene rings is 2. The number of aryl methyl sites for hydroxylation is 1. The van der Waals surface area contributed by atoms with Crippen LogP contribution in [0.15, 0.2) is 36.4 Å². The lowest BCUT2D eigenvalue weighted by Crippen LogP contribution is -2.45. The summed E-state index contributed by atoms with van der Waals surface area (Å²) in [5, 5.41) is 9.74. The van der Waals surface area contributed by atoms with E-state index in [1.807, 2.05) is 29.2 Å². The average molecular weight is 452 g/mol. The fourth-order valence-corrected chi connectivity index (χ4v) is 4.69. The second kappa shape index (κ2) is 9.46. The van der Waals surface area contributed by atoms with Gasteiger partial charge in [-0.05, 0) is 50.0 Å². The molecule has 162 valence electrons. The molecule has 0 aliphatic carbocycles. The SMILES string of the molecule is CCc1cccc(Cl)c1COc1ccc2c(c1)OCC21CCN(CC(=O)O)CC1.Cl. The van der Waals surface area contributed by atoms with Crippen LogP contribution in [0.4, 0.5) is 0 Å². The van der Waals surface area contributed by atoms with Crippen molar-refractivity contribution in [2.45, 2.75) is 38.2 Å². The van der Waals surface area contributed by atoms with Crippen molar-refractivity contribution in [3.63, 3.8) is 0 Å². The summed E-state index contributed by atoms with van der Waals surface area (Å²) < 4.78 is 12.1. The Bertz CT molecular complexity index is 910. The number of piperidine rings is 1. The third-order valence-corrected chi connectivity index (χ3v) is 6.53. The number of halogens is 2. The first-order chi connectivity index (χ1) is 14.0. The first-order valence-electron chi connectivity index (χ1n) is 10.1. The summed E-state index contributed by atoms with van der Waals surface area (Å²) in [7, 11) is 0. The maximum Gasteiger partial charge on any atom is 0.317 e. The molecule has 1 N–H and O–H groups in total. The Morgan fingerprint density at radius 2 is 2.03 bits per heavy atom. The highest BCUT2D eigenvalue weighted by atomic mass is 35.5. The highest BCUT2D eigenvalue weighted by Gasteiger charge is 2.43. The van der Waals surface area contributed by atoms with Gasteiger partial charge in [-0.2, -0.15) is 0 Å². The molecular formula is C23H27Cl2NO4. The standard InChI is InChI=1S/C23H26ClNO4.ClH/c1-2-16-4-3-5-20(24)18(16)14-28-17-6-7-19-21(12-17)29-15-23(19)8-10-25(11-9-23)13-22(26)27;/h3-7,12H,2,8-11,13-15H2,1H3,(H,26,27);1H. The number of hydrogen-bond acceptors (Lipinski definition) is 4. The third-order valence-electron chi connectivity index (χ3n) is 6.18. The number of carbonyl (C=O) groups is 1. The average Bonchev–Trinajstić information content (AvgIpc) is 3.06. The summed E-state index contributed by atoms with van der Waals surface area (Å²) in [5.74, 6) is 0.880. The number of carboxylic acids is 1. The topological polar surface area (TPSA) is 59.0 Å². The number of ether oxygens (including phenoxy) is 2. The van der Waals surface area contributed by atoms with E-state index < -0.39 is 5.97 Å². The number of rotatable bonds is 6. The quantitative estimate of drug-likeness (QED) is 0.688. The van der Waals surface area contributed by atoms with Crippen LogP contribution in [0.3, 0.4) is 0 Å². The highest BCUT2D eigenvalue weighted by molar-refractivity contribution is 6.31. The molecule has 1 fully saturated rings. The van der Waals surface area contributed by atoms with Crippen molar-refractivity contribution in [1.82, 2.24) is 4.90 Å². The van der Waals surface area contributed by atoms with E-state index >= 15 is 0 Å². The maximum absolute atomic E-state index is 11.0. The van der Waals surface area contributed by atoms with Crippen molar-refractivity contribution in [1.29, 1.82) is 0 Å². The Hall–Kier alpha value is -1.95. The lowest BCUT2D eigenvalue weighted by molar-refractivity contribution is -0.138. The molecule has 2 heterocycles. The Morgan fingerprint density at radius 1 is 1.27 bits per heavy atom. The molecule has 0 unspecified atom stereocenters. The van der Waals surface area contributed by atoms with Gasteiger partial charge < -0.3 is 14.6 Å². The van der Waals surface area contributed by atoms with Crippen LogP contribution in [0.2, 0.25) is 5.02 Å². The van der Waals surface area contributed by atoms with Crippen molar-refractivity contribution in [3.8, 4) is 11.5 Å². The number of fused-ring (bicyclic) bond motifs is 2. The molecule has 0 bridgehead atoms. The summed E-state index contributed by atoms with van der Waals surface area (Å²) in [5.41, 5.74) is 3.43. The van der Waals surface area contributed by atoms with Crippen molar-refractivity contribution in [2.24, 2.45) is 0 Å². The molecule has 0 atom stereocenters. The van der Waals surface area contributed by atoms with Crippen LogP contribution in [0, 0.1) is 0 Å². The van der Waals surface area contributed by atoms with Crippen LogP contribution in [0.5, 0.6) is 11.5 Å². The maximum atomic E-state index is 11.0. The Morgan fingerprint density at radius 3 is 2.73 bits per heavy atom. The van der Waals surface area contributed by atoms with Gasteiger partial charge in [0.15, 0.2) is 0 Å². The minimum absolute atomic E-state index is 0. The van der Waals surface area contributed by atoms with Gasteiger partial charge in [0.1, 0.15) is 18.1 Å². The van der Waals surface area contributed by atoms with Gasteiger partial charge in [-0.1, -0.05) is 36.7 Å². The molecule has 30 heavy (non-hydrogen) atoms. The molecule has 2 aromatic carbocycles. The second-order valence-electron chi connectivity index (χ2n) is 7.92. The van der Waals surface area contributed by atoms with Gasteiger partial charge in [0, 0.05) is 27.6 Å². The zero-order valence-electron chi connectivity index (χ0n) is 17.0. The van der Waals surface area contributed by atoms with Crippen LogP contribution in [-0.4, -0.2) is 42.2 Å². The van der Waals surface area contributed by atoms with E-state index in [4.69, 9.17) is 26.2 Å². The molecule has 2 aliphatic heterocycles. The predicted octanol–water partition coefficient (Wildman–Crippen LogP) is 4.71. The fourth-order valence-electron chi connectivity index (χ4n) is 4.44. The van der Waals surface area contributed by atoms with Crippen LogP contribution in [0.25, 0.3) is 0 Å². The van der Waals surface area contributed by atoms with Gasteiger partial charge in [-0.3, -0.25) is 9.69 Å². The van der Waals surface area contributed by atoms with Gasteiger partial charge in [0.05, 0.1) is 13.2 Å². The van der Waals surface area contributed by atoms with Gasteiger partial charge in [0.25, 0.3) is 0 Å². The van der Waals surface area contributed by atoms with E-state index in [1.54, 1.807) is 0 Å². The van der Waals surface area contributed by atoms with Crippen molar-refractivity contribution in [2.75, 3.05) is 26.2 Å². The van der Waals surface area contributed by atoms with Gasteiger partial charge >= 0.3 is 5.97 Å². The molecule has 0 amide bonds. The smallest absolute Gasteiger partial charge is 0.317 e. The Balaban J connectivity index is 0.00000256. The van der Waals surface area contributed by atoms with Crippen molar-refractivity contribution >= 4 is 30.0 Å². The molecule has 0 aromatic heterocycles. The van der Waals surface area contributed by atoms with Crippen LogP contribution < -0.4 is 9.47 Å². The molecule has 5 nitrogen and oxygen atoms in total. The monoisotopic (exact) mass is 451 g/mol. The van der Waals surface area contributed by atoms with Crippen molar-refractivity contribution in [3.05, 3.63) is 58.1 Å². The molecule has 0 saturated carbocycles. The summed E-state index contributed by atoms with van der Waals surface area (Å²) in [6.07, 6.45) is 2.73. The van der Waals surface area contributed by atoms with Gasteiger partial charge in [-0.15, -0.1) is 12.4 Å². The zero-order valence-corrected chi connectivity index (χ0v) is 18.6. The number of aliphatic carboxylic acids is 1. The molecule has 1 saturated heterocycles. The Kier molecular flexibility index (Phi) is 7.17. The van der Waals surface area contributed by atoms with E-state index in [9.17, 15) is 4.79 Å². The first kappa shape index (κ1) is 22.7.